The Labute approximate surface area is 130 Å². The molecule has 0 saturated carbocycles. The maximum absolute atomic E-state index is 6.47. The number of rotatable bonds is 3. The fourth-order valence-electron chi connectivity index (χ4n) is 3.25. The zero-order valence-electron chi connectivity index (χ0n) is 12.4. The summed E-state index contributed by atoms with van der Waals surface area (Å²) in [5.74, 6) is 0.987. The van der Waals surface area contributed by atoms with Crippen molar-refractivity contribution in [2.45, 2.75) is 32.7 Å². The molecule has 2 aromatic rings. The lowest BCUT2D eigenvalue weighted by Gasteiger charge is -2.19. The van der Waals surface area contributed by atoms with Gasteiger partial charge in [-0.05, 0) is 60.2 Å². The number of hydrogen-bond donors (Lipinski definition) is 1. The van der Waals surface area contributed by atoms with Crippen molar-refractivity contribution in [2.24, 2.45) is 5.73 Å². The van der Waals surface area contributed by atoms with Crippen LogP contribution in [0, 0.1) is 13.8 Å². The number of fused-ring (bicyclic) bond motifs is 1. The predicted octanol–water partition coefficient (Wildman–Crippen LogP) is 4.13. The van der Waals surface area contributed by atoms with Crippen LogP contribution in [0.5, 0.6) is 5.75 Å². The molecule has 21 heavy (non-hydrogen) atoms. The monoisotopic (exact) mass is 301 g/mol. The van der Waals surface area contributed by atoms with E-state index < -0.39 is 0 Å². The van der Waals surface area contributed by atoms with Gasteiger partial charge in [0, 0.05) is 17.5 Å². The van der Waals surface area contributed by atoms with Gasteiger partial charge in [-0.3, -0.25) is 0 Å². The first-order valence-electron chi connectivity index (χ1n) is 7.32. The Hall–Kier alpha value is -1.51. The fourth-order valence-corrected chi connectivity index (χ4v) is 3.51. The quantitative estimate of drug-likeness (QED) is 0.925. The van der Waals surface area contributed by atoms with E-state index in [4.69, 9.17) is 22.1 Å². The molecule has 0 fully saturated rings. The SMILES string of the molecule is Cc1cccc(C)c1C(N)Cc1cc(Cl)cc2c1OCC2. The molecule has 2 aromatic carbocycles. The molecule has 1 unspecified atom stereocenters. The minimum Gasteiger partial charge on any atom is -0.493 e. The van der Waals surface area contributed by atoms with E-state index in [0.717, 1.165) is 35.8 Å². The first-order chi connectivity index (χ1) is 10.1. The standard InChI is InChI=1S/C18H20ClNO/c1-11-4-3-5-12(2)17(11)16(20)10-14-9-15(19)8-13-6-7-21-18(13)14/h3-5,8-9,16H,6-7,10,20H2,1-2H3. The van der Waals surface area contributed by atoms with Crippen LogP contribution >= 0.6 is 11.6 Å². The Kier molecular flexibility index (Phi) is 3.92. The molecule has 0 bridgehead atoms. The molecule has 0 saturated heterocycles. The highest BCUT2D eigenvalue weighted by Crippen LogP contribution is 2.35. The van der Waals surface area contributed by atoms with Gasteiger partial charge in [-0.15, -0.1) is 0 Å². The average molecular weight is 302 g/mol. The lowest BCUT2D eigenvalue weighted by Crippen LogP contribution is -2.16. The van der Waals surface area contributed by atoms with Crippen LogP contribution in [-0.2, 0) is 12.8 Å². The molecule has 1 atom stereocenters. The van der Waals surface area contributed by atoms with Gasteiger partial charge in [0.1, 0.15) is 5.75 Å². The molecule has 1 heterocycles. The van der Waals surface area contributed by atoms with E-state index in [0.29, 0.717) is 0 Å². The molecule has 0 aliphatic carbocycles. The molecule has 0 aromatic heterocycles. The fraction of sp³-hybridized carbons (Fsp3) is 0.333. The van der Waals surface area contributed by atoms with Crippen molar-refractivity contribution in [3.8, 4) is 5.75 Å². The third-order valence-electron chi connectivity index (χ3n) is 4.18. The highest BCUT2D eigenvalue weighted by atomic mass is 35.5. The Morgan fingerprint density at radius 3 is 2.67 bits per heavy atom. The lowest BCUT2D eigenvalue weighted by molar-refractivity contribution is 0.352. The van der Waals surface area contributed by atoms with E-state index in [1.807, 2.05) is 12.1 Å². The van der Waals surface area contributed by atoms with Crippen LogP contribution < -0.4 is 10.5 Å². The molecular weight excluding hydrogens is 282 g/mol. The van der Waals surface area contributed by atoms with Gasteiger partial charge in [-0.1, -0.05) is 29.8 Å². The van der Waals surface area contributed by atoms with E-state index in [1.54, 1.807) is 0 Å². The average Bonchev–Trinajstić information content (AvgIpc) is 2.86. The van der Waals surface area contributed by atoms with Gasteiger partial charge >= 0.3 is 0 Å². The summed E-state index contributed by atoms with van der Waals surface area (Å²) in [6, 6.07) is 10.2. The van der Waals surface area contributed by atoms with Crippen molar-refractivity contribution in [1.82, 2.24) is 0 Å². The molecular formula is C18H20ClNO. The zero-order chi connectivity index (χ0) is 15.0. The highest BCUT2D eigenvalue weighted by Gasteiger charge is 2.20. The van der Waals surface area contributed by atoms with Crippen molar-refractivity contribution in [1.29, 1.82) is 0 Å². The minimum absolute atomic E-state index is 0.0435. The number of nitrogens with two attached hydrogens (primary N) is 1. The number of aryl methyl sites for hydroxylation is 2. The van der Waals surface area contributed by atoms with Crippen LogP contribution in [0.3, 0.4) is 0 Å². The largest absolute Gasteiger partial charge is 0.493 e. The topological polar surface area (TPSA) is 35.2 Å². The maximum atomic E-state index is 6.47. The van der Waals surface area contributed by atoms with Crippen molar-refractivity contribution < 1.29 is 4.74 Å². The Balaban J connectivity index is 1.94. The second-order valence-electron chi connectivity index (χ2n) is 5.77. The van der Waals surface area contributed by atoms with Crippen LogP contribution in [0.25, 0.3) is 0 Å². The van der Waals surface area contributed by atoms with Crippen molar-refractivity contribution in [2.75, 3.05) is 6.61 Å². The first kappa shape index (κ1) is 14.4. The Morgan fingerprint density at radius 2 is 1.95 bits per heavy atom. The Bertz CT molecular complexity index is 661. The van der Waals surface area contributed by atoms with E-state index in [2.05, 4.69) is 32.0 Å². The first-order valence-corrected chi connectivity index (χ1v) is 7.70. The second-order valence-corrected chi connectivity index (χ2v) is 6.20. The third-order valence-corrected chi connectivity index (χ3v) is 4.40. The van der Waals surface area contributed by atoms with Crippen LogP contribution in [0.1, 0.15) is 33.9 Å². The summed E-state index contributed by atoms with van der Waals surface area (Å²) in [5, 5.41) is 0.767. The summed E-state index contributed by atoms with van der Waals surface area (Å²) >= 11 is 6.22. The van der Waals surface area contributed by atoms with Crippen LogP contribution in [0.15, 0.2) is 30.3 Å². The van der Waals surface area contributed by atoms with Crippen molar-refractivity contribution >= 4 is 11.6 Å². The third kappa shape index (κ3) is 2.78. The maximum Gasteiger partial charge on any atom is 0.125 e. The van der Waals surface area contributed by atoms with Crippen LogP contribution in [0.4, 0.5) is 0 Å². The number of halogens is 1. The summed E-state index contributed by atoms with van der Waals surface area (Å²) in [7, 11) is 0. The summed E-state index contributed by atoms with van der Waals surface area (Å²) in [6.07, 6.45) is 1.68. The van der Waals surface area contributed by atoms with Gasteiger partial charge in [-0.25, -0.2) is 0 Å². The molecule has 0 amide bonds. The zero-order valence-corrected chi connectivity index (χ0v) is 13.2. The molecule has 3 rings (SSSR count). The van der Waals surface area contributed by atoms with Crippen LogP contribution in [0.2, 0.25) is 5.02 Å². The van der Waals surface area contributed by atoms with Gasteiger partial charge in [0.15, 0.2) is 0 Å². The van der Waals surface area contributed by atoms with Gasteiger partial charge in [0.2, 0.25) is 0 Å². The summed E-state index contributed by atoms with van der Waals surface area (Å²) in [6.45, 7) is 4.96. The number of benzene rings is 2. The summed E-state index contributed by atoms with van der Waals surface area (Å²) in [5.41, 5.74) is 12.5. The van der Waals surface area contributed by atoms with E-state index in [1.165, 1.54) is 22.3 Å². The molecule has 3 heteroatoms. The lowest BCUT2D eigenvalue weighted by atomic mass is 9.91. The Morgan fingerprint density at radius 1 is 1.24 bits per heavy atom. The smallest absolute Gasteiger partial charge is 0.125 e. The predicted molar refractivity (Wildman–Crippen MR) is 87.2 cm³/mol. The summed E-state index contributed by atoms with van der Waals surface area (Å²) in [4.78, 5) is 0. The molecule has 0 spiro atoms. The van der Waals surface area contributed by atoms with E-state index >= 15 is 0 Å². The molecule has 1 aliphatic rings. The van der Waals surface area contributed by atoms with Crippen LogP contribution in [-0.4, -0.2) is 6.61 Å². The molecule has 110 valence electrons. The van der Waals surface area contributed by atoms with E-state index in [9.17, 15) is 0 Å². The van der Waals surface area contributed by atoms with Crippen molar-refractivity contribution in [3.05, 3.63) is 63.2 Å². The summed E-state index contributed by atoms with van der Waals surface area (Å²) < 4.78 is 5.77. The minimum atomic E-state index is -0.0435. The van der Waals surface area contributed by atoms with Gasteiger partial charge in [0.05, 0.1) is 6.61 Å². The molecule has 0 radical (unpaired) electrons. The number of ether oxygens (including phenoxy) is 1. The molecule has 2 N–H and O–H groups in total. The molecule has 2 nitrogen and oxygen atoms in total. The highest BCUT2D eigenvalue weighted by molar-refractivity contribution is 6.30. The van der Waals surface area contributed by atoms with Gasteiger partial charge in [-0.2, -0.15) is 0 Å². The second kappa shape index (κ2) is 5.70. The number of hydrogen-bond acceptors (Lipinski definition) is 2. The molecule has 1 aliphatic heterocycles. The normalized spacial score (nSPS) is 14.7. The van der Waals surface area contributed by atoms with Gasteiger partial charge < -0.3 is 10.5 Å². The van der Waals surface area contributed by atoms with Gasteiger partial charge in [0.25, 0.3) is 0 Å². The van der Waals surface area contributed by atoms with Crippen molar-refractivity contribution in [3.63, 3.8) is 0 Å². The van der Waals surface area contributed by atoms with E-state index in [-0.39, 0.29) is 6.04 Å².